The maximum atomic E-state index is 11.7. The summed E-state index contributed by atoms with van der Waals surface area (Å²) in [6, 6.07) is 0. The summed E-state index contributed by atoms with van der Waals surface area (Å²) in [5.41, 5.74) is 0. The van der Waals surface area contributed by atoms with Gasteiger partial charge in [0, 0.05) is 6.61 Å². The average molecular weight is 212 g/mol. The first-order chi connectivity index (χ1) is 7.33. The molecule has 1 aliphatic heterocycles. The maximum Gasteiger partial charge on any atom is 0.309 e. The van der Waals surface area contributed by atoms with Gasteiger partial charge in [-0.1, -0.05) is 12.8 Å². The molecule has 0 radical (unpaired) electrons. The molecule has 1 aliphatic carbocycles. The molecule has 86 valence electrons. The summed E-state index contributed by atoms with van der Waals surface area (Å²) < 4.78 is 5.24. The SMILES string of the molecule is O=C1OC[C@H]2CCCC[C@@H]2[C@H]1CCCO. The largest absolute Gasteiger partial charge is 0.465 e. The number of ether oxygens (including phenoxy) is 1. The summed E-state index contributed by atoms with van der Waals surface area (Å²) in [5.74, 6) is 1.18. The molecule has 1 N–H and O–H groups in total. The second-order valence-corrected chi connectivity index (χ2v) is 4.81. The summed E-state index contributed by atoms with van der Waals surface area (Å²) in [7, 11) is 0. The molecule has 2 fully saturated rings. The normalized spacial score (nSPS) is 35.8. The van der Waals surface area contributed by atoms with Gasteiger partial charge in [0.05, 0.1) is 12.5 Å². The van der Waals surface area contributed by atoms with Crippen LogP contribution in [0, 0.1) is 17.8 Å². The summed E-state index contributed by atoms with van der Waals surface area (Å²) in [6.07, 6.45) is 6.46. The summed E-state index contributed by atoms with van der Waals surface area (Å²) in [5, 5.41) is 8.83. The van der Waals surface area contributed by atoms with Crippen LogP contribution in [0.4, 0.5) is 0 Å². The van der Waals surface area contributed by atoms with Crippen LogP contribution in [-0.4, -0.2) is 24.3 Å². The molecule has 0 aromatic carbocycles. The first kappa shape index (κ1) is 10.9. The Morgan fingerprint density at radius 1 is 1.33 bits per heavy atom. The van der Waals surface area contributed by atoms with E-state index in [1.807, 2.05) is 0 Å². The van der Waals surface area contributed by atoms with Crippen LogP contribution in [0.5, 0.6) is 0 Å². The van der Waals surface area contributed by atoms with Crippen molar-refractivity contribution in [3.8, 4) is 0 Å². The van der Waals surface area contributed by atoms with Crippen LogP contribution < -0.4 is 0 Å². The van der Waals surface area contributed by atoms with Crippen molar-refractivity contribution in [3.63, 3.8) is 0 Å². The molecule has 3 nitrogen and oxygen atoms in total. The molecule has 0 aromatic heterocycles. The molecule has 0 amide bonds. The Bertz CT molecular complexity index is 227. The minimum Gasteiger partial charge on any atom is -0.465 e. The Morgan fingerprint density at radius 2 is 2.13 bits per heavy atom. The van der Waals surface area contributed by atoms with Gasteiger partial charge in [0.1, 0.15) is 0 Å². The lowest BCUT2D eigenvalue weighted by Gasteiger charge is -2.39. The van der Waals surface area contributed by atoms with Crippen molar-refractivity contribution in [1.29, 1.82) is 0 Å². The third kappa shape index (κ3) is 2.33. The van der Waals surface area contributed by atoms with Crippen LogP contribution in [0.25, 0.3) is 0 Å². The number of cyclic esters (lactones) is 1. The molecule has 1 saturated heterocycles. The highest BCUT2D eigenvalue weighted by Crippen LogP contribution is 2.40. The Balaban J connectivity index is 1.99. The second-order valence-electron chi connectivity index (χ2n) is 4.81. The van der Waals surface area contributed by atoms with Crippen molar-refractivity contribution in [2.24, 2.45) is 17.8 Å². The lowest BCUT2D eigenvalue weighted by atomic mass is 9.70. The van der Waals surface area contributed by atoms with Crippen molar-refractivity contribution in [3.05, 3.63) is 0 Å². The Labute approximate surface area is 90.8 Å². The third-order valence-electron chi connectivity index (χ3n) is 3.90. The lowest BCUT2D eigenvalue weighted by Crippen LogP contribution is -2.41. The number of esters is 1. The van der Waals surface area contributed by atoms with Gasteiger partial charge in [-0.3, -0.25) is 4.79 Å². The van der Waals surface area contributed by atoms with Gasteiger partial charge >= 0.3 is 5.97 Å². The molecular weight excluding hydrogens is 192 g/mol. The zero-order chi connectivity index (χ0) is 10.7. The van der Waals surface area contributed by atoms with Gasteiger partial charge in [0.15, 0.2) is 0 Å². The maximum absolute atomic E-state index is 11.7. The van der Waals surface area contributed by atoms with E-state index in [4.69, 9.17) is 9.84 Å². The quantitative estimate of drug-likeness (QED) is 0.725. The highest BCUT2D eigenvalue weighted by molar-refractivity contribution is 5.73. The van der Waals surface area contributed by atoms with Crippen molar-refractivity contribution in [2.75, 3.05) is 13.2 Å². The van der Waals surface area contributed by atoms with Crippen LogP contribution in [0.1, 0.15) is 38.5 Å². The van der Waals surface area contributed by atoms with Crippen LogP contribution in [0.3, 0.4) is 0 Å². The van der Waals surface area contributed by atoms with Gasteiger partial charge in [-0.05, 0) is 37.5 Å². The van der Waals surface area contributed by atoms with Crippen molar-refractivity contribution < 1.29 is 14.6 Å². The topological polar surface area (TPSA) is 46.5 Å². The minimum absolute atomic E-state index is 0.0217. The first-order valence-corrected chi connectivity index (χ1v) is 6.10. The molecule has 0 spiro atoms. The second kappa shape index (κ2) is 4.97. The molecule has 3 atom stereocenters. The van der Waals surface area contributed by atoms with E-state index < -0.39 is 0 Å². The van der Waals surface area contributed by atoms with E-state index in [1.165, 1.54) is 25.7 Å². The highest BCUT2D eigenvalue weighted by Gasteiger charge is 2.40. The first-order valence-electron chi connectivity index (χ1n) is 6.10. The molecule has 15 heavy (non-hydrogen) atoms. The Hall–Kier alpha value is -0.570. The highest BCUT2D eigenvalue weighted by atomic mass is 16.5. The van der Waals surface area contributed by atoms with Gasteiger partial charge in [0.25, 0.3) is 0 Å². The molecule has 1 saturated carbocycles. The van der Waals surface area contributed by atoms with Gasteiger partial charge in [0.2, 0.25) is 0 Å². The van der Waals surface area contributed by atoms with Crippen LogP contribution >= 0.6 is 0 Å². The molecule has 3 heteroatoms. The zero-order valence-corrected chi connectivity index (χ0v) is 9.15. The number of fused-ring (bicyclic) bond motifs is 1. The third-order valence-corrected chi connectivity index (χ3v) is 3.90. The minimum atomic E-state index is -0.0217. The van der Waals surface area contributed by atoms with Crippen LogP contribution in [0.2, 0.25) is 0 Å². The van der Waals surface area contributed by atoms with E-state index in [0.29, 0.717) is 18.4 Å². The lowest BCUT2D eigenvalue weighted by molar-refractivity contribution is -0.163. The molecule has 2 rings (SSSR count). The number of hydrogen-bond acceptors (Lipinski definition) is 3. The van der Waals surface area contributed by atoms with Crippen LogP contribution in [0.15, 0.2) is 0 Å². The van der Waals surface area contributed by atoms with E-state index in [-0.39, 0.29) is 18.5 Å². The molecule has 1 heterocycles. The van der Waals surface area contributed by atoms with Crippen molar-refractivity contribution >= 4 is 5.97 Å². The Kier molecular flexibility index (Phi) is 3.62. The number of aliphatic hydroxyl groups is 1. The smallest absolute Gasteiger partial charge is 0.309 e. The van der Waals surface area contributed by atoms with Gasteiger partial charge in [-0.25, -0.2) is 0 Å². The fraction of sp³-hybridized carbons (Fsp3) is 0.917. The molecule has 0 aromatic rings. The fourth-order valence-corrected chi connectivity index (χ4v) is 3.09. The van der Waals surface area contributed by atoms with Gasteiger partial charge < -0.3 is 9.84 Å². The predicted molar refractivity (Wildman–Crippen MR) is 56.2 cm³/mol. The van der Waals surface area contributed by atoms with Crippen molar-refractivity contribution in [1.82, 2.24) is 0 Å². The van der Waals surface area contributed by atoms with Gasteiger partial charge in [-0.2, -0.15) is 0 Å². The number of rotatable bonds is 3. The van der Waals surface area contributed by atoms with E-state index in [2.05, 4.69) is 0 Å². The monoisotopic (exact) mass is 212 g/mol. The molecule has 0 unspecified atom stereocenters. The van der Waals surface area contributed by atoms with E-state index in [0.717, 1.165) is 12.8 Å². The molecular formula is C12H20O3. The summed E-state index contributed by atoms with van der Waals surface area (Å²) >= 11 is 0. The number of hydrogen-bond donors (Lipinski definition) is 1. The van der Waals surface area contributed by atoms with E-state index >= 15 is 0 Å². The Morgan fingerprint density at radius 3 is 2.93 bits per heavy atom. The van der Waals surface area contributed by atoms with E-state index in [9.17, 15) is 4.79 Å². The standard InChI is InChI=1S/C12H20O3/c13-7-3-6-11-10-5-2-1-4-9(10)8-15-12(11)14/h9-11,13H,1-8H2/t9-,10+,11-/m1/s1. The summed E-state index contributed by atoms with van der Waals surface area (Å²) in [6.45, 7) is 0.820. The predicted octanol–water partition coefficient (Wildman–Crippen LogP) is 1.74. The fourth-order valence-electron chi connectivity index (χ4n) is 3.09. The summed E-state index contributed by atoms with van der Waals surface area (Å²) in [4.78, 5) is 11.7. The van der Waals surface area contributed by atoms with Crippen LogP contribution in [-0.2, 0) is 9.53 Å². The average Bonchev–Trinajstić information content (AvgIpc) is 2.28. The van der Waals surface area contributed by atoms with Gasteiger partial charge in [-0.15, -0.1) is 0 Å². The number of carbonyl (C=O) groups is 1. The molecule has 2 aliphatic rings. The number of carbonyl (C=O) groups excluding carboxylic acids is 1. The number of aliphatic hydroxyl groups excluding tert-OH is 1. The van der Waals surface area contributed by atoms with E-state index in [1.54, 1.807) is 0 Å². The van der Waals surface area contributed by atoms with Crippen molar-refractivity contribution in [2.45, 2.75) is 38.5 Å². The molecule has 0 bridgehead atoms. The zero-order valence-electron chi connectivity index (χ0n) is 9.15.